The van der Waals surface area contributed by atoms with Gasteiger partial charge in [0.15, 0.2) is 0 Å². The lowest BCUT2D eigenvalue weighted by Crippen LogP contribution is -2.02. The van der Waals surface area contributed by atoms with Crippen LogP contribution in [0, 0.1) is 11.6 Å². The van der Waals surface area contributed by atoms with Gasteiger partial charge in [-0.05, 0) is 23.8 Å². The van der Waals surface area contributed by atoms with Crippen LogP contribution in [0.15, 0.2) is 29.6 Å². The van der Waals surface area contributed by atoms with Gasteiger partial charge in [0, 0.05) is 21.7 Å². The number of nitrogens with one attached hydrogen (secondary N) is 1. The van der Waals surface area contributed by atoms with Crippen LogP contribution in [-0.4, -0.2) is 9.97 Å². The van der Waals surface area contributed by atoms with Gasteiger partial charge in [0.2, 0.25) is 0 Å². The lowest BCUT2D eigenvalue weighted by Gasteiger charge is -2.12. The van der Waals surface area contributed by atoms with E-state index in [4.69, 9.17) is 12.2 Å². The zero-order valence-corrected chi connectivity index (χ0v) is 13.4. The van der Waals surface area contributed by atoms with E-state index >= 15 is 0 Å². The third kappa shape index (κ3) is 2.19. The number of fused-ring (bicyclic) bond motifs is 1. The molecule has 0 bridgehead atoms. The number of nitrogens with zero attached hydrogens (tertiary/aromatic N) is 1. The number of benzene rings is 1. The summed E-state index contributed by atoms with van der Waals surface area (Å²) >= 11 is 7.19. The molecule has 2 aromatic heterocycles. The van der Waals surface area contributed by atoms with Gasteiger partial charge in [-0.2, -0.15) is 0 Å². The van der Waals surface area contributed by atoms with E-state index in [-0.39, 0.29) is 0 Å². The second-order valence-electron chi connectivity index (χ2n) is 5.23. The van der Waals surface area contributed by atoms with Crippen LogP contribution < -0.4 is 0 Å². The van der Waals surface area contributed by atoms with Crippen molar-refractivity contribution in [3.63, 3.8) is 0 Å². The summed E-state index contributed by atoms with van der Waals surface area (Å²) in [7, 11) is 0. The van der Waals surface area contributed by atoms with Crippen molar-refractivity contribution in [3.8, 4) is 11.3 Å². The van der Waals surface area contributed by atoms with Gasteiger partial charge in [-0.15, -0.1) is 11.3 Å². The summed E-state index contributed by atoms with van der Waals surface area (Å²) in [5.41, 5.74) is 3.36. The third-order valence-electron chi connectivity index (χ3n) is 3.47. The van der Waals surface area contributed by atoms with Crippen molar-refractivity contribution in [1.82, 2.24) is 9.97 Å². The SMILES string of the molecule is Cc1c(-c2cccc3ccsc23)[nH]c(C(C)C)nc1=S. The van der Waals surface area contributed by atoms with Crippen molar-refractivity contribution in [3.05, 3.63) is 45.7 Å². The highest BCUT2D eigenvalue weighted by Gasteiger charge is 2.12. The number of hydrogen-bond donors (Lipinski definition) is 1. The molecule has 0 radical (unpaired) electrons. The van der Waals surface area contributed by atoms with Gasteiger partial charge in [0.25, 0.3) is 0 Å². The predicted molar refractivity (Wildman–Crippen MR) is 89.1 cm³/mol. The molecule has 0 atom stereocenters. The van der Waals surface area contributed by atoms with E-state index in [0.717, 1.165) is 17.1 Å². The van der Waals surface area contributed by atoms with Crippen LogP contribution in [0.4, 0.5) is 0 Å². The minimum atomic E-state index is 0.332. The van der Waals surface area contributed by atoms with Gasteiger partial charge < -0.3 is 4.98 Å². The van der Waals surface area contributed by atoms with E-state index in [1.807, 2.05) is 6.92 Å². The Morgan fingerprint density at radius 2 is 2.05 bits per heavy atom. The molecule has 0 aliphatic heterocycles. The van der Waals surface area contributed by atoms with Gasteiger partial charge in [0.1, 0.15) is 10.5 Å². The summed E-state index contributed by atoms with van der Waals surface area (Å²) in [6.45, 7) is 6.29. The standard InChI is InChI=1S/C16H16N2S2/c1-9(2)15-17-13(10(3)16(19)18-15)12-6-4-5-11-7-8-20-14(11)12/h4-9H,1-3H3,(H,17,18,19). The summed E-state index contributed by atoms with van der Waals surface area (Å²) < 4.78 is 1.98. The van der Waals surface area contributed by atoms with Crippen molar-refractivity contribution in [2.75, 3.05) is 0 Å². The van der Waals surface area contributed by atoms with Gasteiger partial charge >= 0.3 is 0 Å². The van der Waals surface area contributed by atoms with Gasteiger partial charge in [0.05, 0.1) is 5.69 Å². The zero-order chi connectivity index (χ0) is 14.3. The summed E-state index contributed by atoms with van der Waals surface area (Å²) in [6.07, 6.45) is 0. The fraction of sp³-hybridized carbons (Fsp3) is 0.250. The Morgan fingerprint density at radius 1 is 1.25 bits per heavy atom. The fourth-order valence-corrected chi connectivity index (χ4v) is 3.40. The first kappa shape index (κ1) is 13.5. The Kier molecular flexibility index (Phi) is 3.44. The molecule has 102 valence electrons. The Bertz CT molecular complexity index is 828. The minimum Gasteiger partial charge on any atom is -0.343 e. The first-order valence-corrected chi connectivity index (χ1v) is 7.94. The number of aromatic nitrogens is 2. The van der Waals surface area contributed by atoms with Gasteiger partial charge in [-0.25, -0.2) is 4.98 Å². The van der Waals surface area contributed by atoms with Crippen molar-refractivity contribution in [2.45, 2.75) is 26.7 Å². The molecule has 0 aliphatic rings. The number of hydrogen-bond acceptors (Lipinski definition) is 3. The normalized spacial score (nSPS) is 11.4. The smallest absolute Gasteiger partial charge is 0.133 e. The van der Waals surface area contributed by atoms with Crippen LogP contribution in [0.5, 0.6) is 0 Å². The first-order chi connectivity index (χ1) is 9.58. The Balaban J connectivity index is 2.34. The highest BCUT2D eigenvalue weighted by atomic mass is 32.1. The topological polar surface area (TPSA) is 28.7 Å². The van der Waals surface area contributed by atoms with E-state index in [0.29, 0.717) is 10.6 Å². The maximum atomic E-state index is 5.42. The van der Waals surface area contributed by atoms with Crippen LogP contribution in [0.1, 0.15) is 31.2 Å². The molecule has 1 aromatic carbocycles. The van der Waals surface area contributed by atoms with Crippen molar-refractivity contribution in [2.24, 2.45) is 0 Å². The summed E-state index contributed by atoms with van der Waals surface area (Å²) in [4.78, 5) is 7.97. The summed E-state index contributed by atoms with van der Waals surface area (Å²) in [5.74, 6) is 1.28. The highest BCUT2D eigenvalue weighted by Crippen LogP contribution is 2.33. The van der Waals surface area contributed by atoms with Crippen LogP contribution in [0.3, 0.4) is 0 Å². The first-order valence-electron chi connectivity index (χ1n) is 6.65. The van der Waals surface area contributed by atoms with Crippen LogP contribution >= 0.6 is 23.6 Å². The molecule has 1 N–H and O–H groups in total. The van der Waals surface area contributed by atoms with Crippen LogP contribution in [-0.2, 0) is 0 Å². The number of rotatable bonds is 2. The Labute approximate surface area is 127 Å². The molecule has 2 heterocycles. The average Bonchev–Trinajstić information content (AvgIpc) is 2.89. The molecule has 0 saturated heterocycles. The number of aromatic amines is 1. The number of thiophene rings is 1. The molecular formula is C16H16N2S2. The zero-order valence-electron chi connectivity index (χ0n) is 11.7. The Morgan fingerprint density at radius 3 is 2.80 bits per heavy atom. The van der Waals surface area contributed by atoms with E-state index < -0.39 is 0 Å². The third-order valence-corrected chi connectivity index (χ3v) is 4.83. The molecule has 3 rings (SSSR count). The van der Waals surface area contributed by atoms with E-state index in [1.165, 1.54) is 15.6 Å². The molecule has 0 unspecified atom stereocenters. The van der Waals surface area contributed by atoms with Crippen LogP contribution in [0.25, 0.3) is 21.3 Å². The quantitative estimate of drug-likeness (QED) is 0.637. The maximum Gasteiger partial charge on any atom is 0.133 e. The van der Waals surface area contributed by atoms with Crippen molar-refractivity contribution in [1.29, 1.82) is 0 Å². The number of H-pyrrole nitrogens is 1. The van der Waals surface area contributed by atoms with Gasteiger partial charge in [-0.1, -0.05) is 44.3 Å². The summed E-state index contributed by atoms with van der Waals surface area (Å²) in [5, 5.41) is 3.40. The molecular weight excluding hydrogens is 284 g/mol. The maximum absolute atomic E-state index is 5.42. The summed E-state index contributed by atoms with van der Waals surface area (Å²) in [6, 6.07) is 8.54. The average molecular weight is 300 g/mol. The molecule has 4 heteroatoms. The lowest BCUT2D eigenvalue weighted by atomic mass is 10.1. The van der Waals surface area contributed by atoms with E-state index in [9.17, 15) is 0 Å². The molecule has 0 saturated carbocycles. The molecule has 3 aromatic rings. The second kappa shape index (κ2) is 5.11. The lowest BCUT2D eigenvalue weighted by molar-refractivity contribution is 0.770. The second-order valence-corrected chi connectivity index (χ2v) is 6.53. The molecule has 2 nitrogen and oxygen atoms in total. The molecule has 0 fully saturated rings. The van der Waals surface area contributed by atoms with Crippen molar-refractivity contribution >= 4 is 33.6 Å². The largest absolute Gasteiger partial charge is 0.343 e. The van der Waals surface area contributed by atoms with E-state index in [1.54, 1.807) is 11.3 Å². The van der Waals surface area contributed by atoms with Crippen molar-refractivity contribution < 1.29 is 0 Å². The molecule has 0 aliphatic carbocycles. The molecule has 0 spiro atoms. The van der Waals surface area contributed by atoms with E-state index in [2.05, 4.69) is 53.5 Å². The van der Waals surface area contributed by atoms with Gasteiger partial charge in [-0.3, -0.25) is 0 Å². The predicted octanol–water partition coefficient (Wildman–Crippen LogP) is 5.45. The molecule has 0 amide bonds. The van der Waals surface area contributed by atoms with Crippen LogP contribution in [0.2, 0.25) is 0 Å². The highest BCUT2D eigenvalue weighted by molar-refractivity contribution is 7.71. The Hall–Kier alpha value is -1.52. The minimum absolute atomic E-state index is 0.332. The fourth-order valence-electron chi connectivity index (χ4n) is 2.28. The monoisotopic (exact) mass is 300 g/mol. The molecule has 20 heavy (non-hydrogen) atoms.